The molecule has 1 atom stereocenters. The smallest absolute Gasteiger partial charge is 0.342 e. The van der Waals surface area contributed by atoms with E-state index in [1.165, 1.54) is 7.11 Å². The van der Waals surface area contributed by atoms with E-state index in [1.54, 1.807) is 7.11 Å². The van der Waals surface area contributed by atoms with Crippen LogP contribution < -0.4 is 4.74 Å². The maximum atomic E-state index is 11.9. The summed E-state index contributed by atoms with van der Waals surface area (Å²) in [5.41, 5.74) is 3.46. The van der Waals surface area contributed by atoms with E-state index in [4.69, 9.17) is 14.2 Å². The molecule has 1 aromatic rings. The van der Waals surface area contributed by atoms with E-state index in [0.717, 1.165) is 24.0 Å². The highest BCUT2D eigenvalue weighted by Gasteiger charge is 2.32. The third-order valence-corrected chi connectivity index (χ3v) is 5.10. The summed E-state index contributed by atoms with van der Waals surface area (Å²) in [5.74, 6) is -0.268. The molecule has 1 fully saturated rings. The van der Waals surface area contributed by atoms with Gasteiger partial charge in [-0.2, -0.15) is 0 Å². The average Bonchev–Trinajstić information content (AvgIpc) is 3.23. The predicted octanol–water partition coefficient (Wildman–Crippen LogP) is 2.82. The standard InChI is InChI=1S/C19H22O6/c1-10-14-9-25-19(22)15(14)16(20)13(17(10)23-2)7-5-11-4-6-12(8-11)18(21)24-3/h5,12,20H,4,6-9H2,1-3H3/b11-5+. The van der Waals surface area contributed by atoms with Crippen molar-refractivity contribution in [2.24, 2.45) is 5.92 Å². The normalized spacial score (nSPS) is 20.5. The number of methoxy groups -OCH3 is 2. The molecule has 2 aliphatic rings. The van der Waals surface area contributed by atoms with Crippen molar-refractivity contribution in [1.82, 2.24) is 0 Å². The van der Waals surface area contributed by atoms with Gasteiger partial charge in [-0.3, -0.25) is 4.79 Å². The number of allylic oxidation sites excluding steroid dienone is 2. The zero-order chi connectivity index (χ0) is 18.1. The minimum atomic E-state index is -0.501. The minimum absolute atomic E-state index is 0.0701. The summed E-state index contributed by atoms with van der Waals surface area (Å²) in [4.78, 5) is 23.5. The van der Waals surface area contributed by atoms with Gasteiger partial charge in [0.05, 0.1) is 20.1 Å². The first-order chi connectivity index (χ1) is 12.0. The van der Waals surface area contributed by atoms with Gasteiger partial charge < -0.3 is 19.3 Å². The van der Waals surface area contributed by atoms with Gasteiger partial charge in [-0.1, -0.05) is 11.6 Å². The van der Waals surface area contributed by atoms with Gasteiger partial charge in [0.25, 0.3) is 0 Å². The van der Waals surface area contributed by atoms with E-state index in [9.17, 15) is 14.7 Å². The minimum Gasteiger partial charge on any atom is -0.507 e. The van der Waals surface area contributed by atoms with E-state index in [-0.39, 0.29) is 29.8 Å². The van der Waals surface area contributed by atoms with Crippen molar-refractivity contribution >= 4 is 11.9 Å². The van der Waals surface area contributed by atoms with Gasteiger partial charge in [-0.25, -0.2) is 4.79 Å². The summed E-state index contributed by atoms with van der Waals surface area (Å²) in [5, 5.41) is 10.6. The van der Waals surface area contributed by atoms with E-state index in [2.05, 4.69) is 0 Å². The third-order valence-electron chi connectivity index (χ3n) is 5.10. The van der Waals surface area contributed by atoms with Gasteiger partial charge in [-0.15, -0.1) is 0 Å². The molecular formula is C19H22O6. The molecule has 0 saturated heterocycles. The number of rotatable bonds is 4. The van der Waals surface area contributed by atoms with Crippen molar-refractivity contribution in [1.29, 1.82) is 0 Å². The van der Waals surface area contributed by atoms with Crippen molar-refractivity contribution < 1.29 is 28.9 Å². The molecule has 0 bridgehead atoms. The first-order valence-electron chi connectivity index (χ1n) is 8.32. The molecule has 0 radical (unpaired) electrons. The number of hydrogen-bond acceptors (Lipinski definition) is 6. The summed E-state index contributed by atoms with van der Waals surface area (Å²) in [7, 11) is 2.95. The quantitative estimate of drug-likeness (QED) is 0.667. The third kappa shape index (κ3) is 2.97. The maximum Gasteiger partial charge on any atom is 0.342 e. The highest BCUT2D eigenvalue weighted by Crippen LogP contribution is 2.42. The zero-order valence-corrected chi connectivity index (χ0v) is 14.7. The number of esters is 2. The lowest BCUT2D eigenvalue weighted by Crippen LogP contribution is -2.11. The monoisotopic (exact) mass is 346 g/mol. The Balaban J connectivity index is 1.90. The van der Waals surface area contributed by atoms with Crippen LogP contribution in [0.15, 0.2) is 11.6 Å². The molecule has 1 unspecified atom stereocenters. The topological polar surface area (TPSA) is 82.1 Å². The van der Waals surface area contributed by atoms with Crippen LogP contribution in [0.4, 0.5) is 0 Å². The molecule has 6 nitrogen and oxygen atoms in total. The van der Waals surface area contributed by atoms with Gasteiger partial charge in [0.1, 0.15) is 23.7 Å². The number of carbonyl (C=O) groups is 2. The zero-order valence-electron chi connectivity index (χ0n) is 14.7. The fourth-order valence-corrected chi connectivity index (χ4v) is 3.71. The number of carbonyl (C=O) groups excluding carboxylic acids is 2. The van der Waals surface area contributed by atoms with Crippen LogP contribution in [0.5, 0.6) is 11.5 Å². The molecular weight excluding hydrogens is 324 g/mol. The van der Waals surface area contributed by atoms with E-state index >= 15 is 0 Å². The Labute approximate surface area is 146 Å². The lowest BCUT2D eigenvalue weighted by atomic mass is 9.94. The van der Waals surface area contributed by atoms with E-state index < -0.39 is 5.97 Å². The molecule has 0 amide bonds. The Morgan fingerprint density at radius 3 is 2.84 bits per heavy atom. The van der Waals surface area contributed by atoms with Gasteiger partial charge >= 0.3 is 11.9 Å². The number of hydrogen-bond donors (Lipinski definition) is 1. The Morgan fingerprint density at radius 1 is 1.40 bits per heavy atom. The van der Waals surface area contributed by atoms with Crippen molar-refractivity contribution in [3.05, 3.63) is 33.9 Å². The largest absolute Gasteiger partial charge is 0.507 e. The Morgan fingerprint density at radius 2 is 2.16 bits per heavy atom. The van der Waals surface area contributed by atoms with Crippen LogP contribution in [0.25, 0.3) is 0 Å². The predicted molar refractivity (Wildman–Crippen MR) is 89.7 cm³/mol. The van der Waals surface area contributed by atoms with E-state index in [0.29, 0.717) is 29.7 Å². The van der Waals surface area contributed by atoms with Gasteiger partial charge in [0.2, 0.25) is 0 Å². The SMILES string of the molecule is COC(=O)C1CC/C(=C\Cc2c(O)c3c(c(C)c2OC)COC3=O)C1. The second-order valence-electron chi connectivity index (χ2n) is 6.44. The first kappa shape index (κ1) is 17.3. The molecule has 1 saturated carbocycles. The summed E-state index contributed by atoms with van der Waals surface area (Å²) >= 11 is 0. The fraction of sp³-hybridized carbons (Fsp3) is 0.474. The van der Waals surface area contributed by atoms with Crippen molar-refractivity contribution in [3.63, 3.8) is 0 Å². The molecule has 1 aliphatic heterocycles. The van der Waals surface area contributed by atoms with Crippen LogP contribution in [0.3, 0.4) is 0 Å². The number of benzene rings is 1. The summed E-state index contributed by atoms with van der Waals surface area (Å²) in [6, 6.07) is 0. The Kier molecular flexibility index (Phi) is 4.70. The second-order valence-corrected chi connectivity index (χ2v) is 6.44. The van der Waals surface area contributed by atoms with Crippen LogP contribution in [0, 0.1) is 12.8 Å². The number of phenolic OH excluding ortho intramolecular Hbond substituents is 1. The Bertz CT molecular complexity index is 762. The fourth-order valence-electron chi connectivity index (χ4n) is 3.71. The summed E-state index contributed by atoms with van der Waals surface area (Å²) < 4.78 is 15.3. The molecule has 134 valence electrons. The lowest BCUT2D eigenvalue weighted by Gasteiger charge is -2.15. The second kappa shape index (κ2) is 6.78. The maximum absolute atomic E-state index is 11.9. The highest BCUT2D eigenvalue weighted by molar-refractivity contribution is 5.98. The van der Waals surface area contributed by atoms with Crippen molar-refractivity contribution in [2.45, 2.75) is 39.2 Å². The summed E-state index contributed by atoms with van der Waals surface area (Å²) in [6.07, 6.45) is 4.71. The average molecular weight is 346 g/mol. The number of fused-ring (bicyclic) bond motifs is 1. The molecule has 6 heteroatoms. The number of ether oxygens (including phenoxy) is 3. The van der Waals surface area contributed by atoms with Crippen LogP contribution in [0.2, 0.25) is 0 Å². The van der Waals surface area contributed by atoms with Crippen molar-refractivity contribution in [3.8, 4) is 11.5 Å². The lowest BCUT2D eigenvalue weighted by molar-refractivity contribution is -0.145. The van der Waals surface area contributed by atoms with E-state index in [1.807, 2.05) is 13.0 Å². The number of phenols is 1. The van der Waals surface area contributed by atoms with Gasteiger partial charge in [-0.05, 0) is 38.2 Å². The molecule has 0 spiro atoms. The Hall–Kier alpha value is -2.50. The molecule has 1 heterocycles. The summed E-state index contributed by atoms with van der Waals surface area (Å²) in [6.45, 7) is 2.02. The van der Waals surface area contributed by atoms with Crippen LogP contribution in [0.1, 0.15) is 46.3 Å². The molecule has 3 rings (SSSR count). The van der Waals surface area contributed by atoms with Crippen LogP contribution in [-0.2, 0) is 27.3 Å². The highest BCUT2D eigenvalue weighted by atomic mass is 16.5. The number of cyclic esters (lactones) is 1. The van der Waals surface area contributed by atoms with Crippen LogP contribution >= 0.6 is 0 Å². The molecule has 1 N–H and O–H groups in total. The molecule has 1 aromatic carbocycles. The van der Waals surface area contributed by atoms with Crippen molar-refractivity contribution in [2.75, 3.05) is 14.2 Å². The molecule has 1 aliphatic carbocycles. The molecule has 0 aromatic heterocycles. The first-order valence-corrected chi connectivity index (χ1v) is 8.32. The van der Waals surface area contributed by atoms with Crippen LogP contribution in [-0.4, -0.2) is 31.3 Å². The van der Waals surface area contributed by atoms with Gasteiger partial charge in [0, 0.05) is 11.1 Å². The molecule has 25 heavy (non-hydrogen) atoms. The number of aromatic hydroxyl groups is 1. The van der Waals surface area contributed by atoms with Gasteiger partial charge in [0.15, 0.2) is 0 Å².